The van der Waals surface area contributed by atoms with Gasteiger partial charge in [0.15, 0.2) is 5.17 Å². The summed E-state index contributed by atoms with van der Waals surface area (Å²) in [6.07, 6.45) is 1.98. The van der Waals surface area contributed by atoms with Gasteiger partial charge in [-0.2, -0.15) is 0 Å². The molecule has 0 unspecified atom stereocenters. The Hall–Kier alpha value is -2.67. The number of amides is 2. The van der Waals surface area contributed by atoms with Crippen LogP contribution in [0, 0.1) is 12.7 Å². The van der Waals surface area contributed by atoms with Gasteiger partial charge >= 0.3 is 0 Å². The smallest absolute Gasteiger partial charge is 0.242 e. The highest BCUT2D eigenvalue weighted by Crippen LogP contribution is 2.39. The predicted molar refractivity (Wildman–Crippen MR) is 109 cm³/mol. The van der Waals surface area contributed by atoms with E-state index in [2.05, 4.69) is 10.3 Å². The molecular formula is C21H20FN3O2S. The van der Waals surface area contributed by atoms with E-state index in [1.54, 1.807) is 4.90 Å². The van der Waals surface area contributed by atoms with Gasteiger partial charge in [0.1, 0.15) is 11.1 Å². The fourth-order valence-electron chi connectivity index (χ4n) is 3.01. The van der Waals surface area contributed by atoms with Crippen LogP contribution >= 0.6 is 11.8 Å². The number of rotatable bonds is 5. The average Bonchev–Trinajstić information content (AvgIpc) is 3.45. The van der Waals surface area contributed by atoms with E-state index in [-0.39, 0.29) is 30.1 Å². The molecule has 2 amide bonds. The van der Waals surface area contributed by atoms with Crippen LogP contribution in [0.1, 0.15) is 24.8 Å². The van der Waals surface area contributed by atoms with Crippen LogP contribution in [-0.2, 0) is 9.59 Å². The Bertz CT molecular complexity index is 924. The van der Waals surface area contributed by atoms with Crippen LogP contribution in [-0.4, -0.2) is 33.2 Å². The fraction of sp³-hybridized carbons (Fsp3) is 0.286. The summed E-state index contributed by atoms with van der Waals surface area (Å²) in [7, 11) is 0. The molecule has 2 aromatic rings. The number of carbonyl (C=O) groups excluding carboxylic acids is 2. The van der Waals surface area contributed by atoms with Gasteiger partial charge in [-0.3, -0.25) is 14.5 Å². The molecule has 28 heavy (non-hydrogen) atoms. The summed E-state index contributed by atoms with van der Waals surface area (Å²) in [5.41, 5.74) is 2.45. The van der Waals surface area contributed by atoms with Crippen LogP contribution in [0.15, 0.2) is 53.5 Å². The van der Waals surface area contributed by atoms with Crippen molar-refractivity contribution < 1.29 is 14.0 Å². The minimum atomic E-state index is -0.495. The molecular weight excluding hydrogens is 377 g/mol. The van der Waals surface area contributed by atoms with Crippen molar-refractivity contribution in [3.8, 4) is 0 Å². The largest absolute Gasteiger partial charge is 0.326 e. The summed E-state index contributed by atoms with van der Waals surface area (Å²) < 4.78 is 13.0. The van der Waals surface area contributed by atoms with E-state index in [1.165, 1.54) is 36.0 Å². The van der Waals surface area contributed by atoms with Crippen molar-refractivity contribution in [2.45, 2.75) is 37.5 Å². The van der Waals surface area contributed by atoms with Crippen molar-refractivity contribution >= 4 is 40.1 Å². The molecule has 0 spiro atoms. The zero-order chi connectivity index (χ0) is 19.7. The number of amidine groups is 1. The third-order valence-corrected chi connectivity index (χ3v) is 5.79. The van der Waals surface area contributed by atoms with E-state index in [1.807, 2.05) is 31.2 Å². The van der Waals surface area contributed by atoms with Crippen molar-refractivity contribution in [1.82, 2.24) is 4.90 Å². The molecule has 1 aliphatic heterocycles. The molecule has 2 aliphatic rings. The molecule has 0 bridgehead atoms. The standard InChI is InChI=1S/C21H20FN3O2S/c1-13-2-6-16(7-3-13)24-21-25(17-10-11-17)20(27)18(28-21)12-19(26)23-15-8-4-14(22)5-9-15/h2-9,17-18H,10-12H2,1H3,(H,23,26)/t18-/m1/s1. The van der Waals surface area contributed by atoms with Crippen LogP contribution in [0.2, 0.25) is 0 Å². The van der Waals surface area contributed by atoms with E-state index in [4.69, 9.17) is 0 Å². The molecule has 0 aromatic heterocycles. The Labute approximate surface area is 167 Å². The summed E-state index contributed by atoms with van der Waals surface area (Å²) in [6.45, 7) is 2.01. The van der Waals surface area contributed by atoms with Gasteiger partial charge in [-0.05, 0) is 56.2 Å². The molecule has 1 atom stereocenters. The van der Waals surface area contributed by atoms with Crippen LogP contribution in [0.3, 0.4) is 0 Å². The quantitative estimate of drug-likeness (QED) is 0.820. The Balaban J connectivity index is 1.47. The number of carbonyl (C=O) groups is 2. The second-order valence-electron chi connectivity index (χ2n) is 7.04. The van der Waals surface area contributed by atoms with Crippen LogP contribution in [0.4, 0.5) is 15.8 Å². The summed E-state index contributed by atoms with van der Waals surface area (Å²) in [4.78, 5) is 31.6. The lowest BCUT2D eigenvalue weighted by atomic mass is 10.2. The number of hydrogen-bond acceptors (Lipinski definition) is 4. The maximum absolute atomic E-state index is 13.0. The number of halogens is 1. The van der Waals surface area contributed by atoms with Crippen molar-refractivity contribution in [2.24, 2.45) is 4.99 Å². The highest BCUT2D eigenvalue weighted by atomic mass is 32.2. The SMILES string of the molecule is Cc1ccc(N=C2S[C@H](CC(=O)Nc3ccc(F)cc3)C(=O)N2C2CC2)cc1. The molecule has 7 heteroatoms. The van der Waals surface area contributed by atoms with Gasteiger partial charge in [-0.15, -0.1) is 0 Å². The first-order chi connectivity index (χ1) is 13.5. The molecule has 1 saturated carbocycles. The molecule has 1 heterocycles. The number of aliphatic imine (C=N–C) groups is 1. The molecule has 1 aliphatic carbocycles. The second-order valence-corrected chi connectivity index (χ2v) is 8.20. The summed E-state index contributed by atoms with van der Waals surface area (Å²) in [5.74, 6) is -0.700. The van der Waals surface area contributed by atoms with Crippen molar-refractivity contribution in [3.05, 3.63) is 59.9 Å². The minimum Gasteiger partial charge on any atom is -0.326 e. The van der Waals surface area contributed by atoms with E-state index < -0.39 is 5.25 Å². The van der Waals surface area contributed by atoms with Crippen molar-refractivity contribution in [3.63, 3.8) is 0 Å². The first-order valence-electron chi connectivity index (χ1n) is 9.20. The third kappa shape index (κ3) is 4.25. The number of aryl methyl sites for hydroxylation is 1. The van der Waals surface area contributed by atoms with Crippen LogP contribution in [0.5, 0.6) is 0 Å². The Morgan fingerprint density at radius 3 is 2.50 bits per heavy atom. The van der Waals surface area contributed by atoms with Crippen molar-refractivity contribution in [1.29, 1.82) is 0 Å². The first kappa shape index (κ1) is 18.7. The second kappa shape index (κ2) is 7.75. The normalized spacial score (nSPS) is 20.6. The lowest BCUT2D eigenvalue weighted by Gasteiger charge is -2.15. The van der Waals surface area contributed by atoms with Gasteiger partial charge in [-0.25, -0.2) is 9.38 Å². The van der Waals surface area contributed by atoms with Gasteiger partial charge in [0, 0.05) is 18.2 Å². The van der Waals surface area contributed by atoms with Gasteiger partial charge in [0.2, 0.25) is 11.8 Å². The highest BCUT2D eigenvalue weighted by Gasteiger charge is 2.46. The molecule has 4 rings (SSSR count). The van der Waals surface area contributed by atoms with E-state index in [0.29, 0.717) is 10.9 Å². The molecule has 2 fully saturated rings. The van der Waals surface area contributed by atoms with Crippen LogP contribution in [0.25, 0.3) is 0 Å². The maximum Gasteiger partial charge on any atom is 0.242 e. The van der Waals surface area contributed by atoms with Crippen molar-refractivity contribution in [2.75, 3.05) is 5.32 Å². The zero-order valence-corrected chi connectivity index (χ0v) is 16.2. The maximum atomic E-state index is 13.0. The number of anilines is 1. The first-order valence-corrected chi connectivity index (χ1v) is 10.1. The molecule has 2 aromatic carbocycles. The Morgan fingerprint density at radius 1 is 1.18 bits per heavy atom. The lowest BCUT2D eigenvalue weighted by molar-refractivity contribution is -0.128. The predicted octanol–water partition coefficient (Wildman–Crippen LogP) is 4.26. The number of hydrogen-bond donors (Lipinski definition) is 1. The Kier molecular flexibility index (Phi) is 5.17. The monoisotopic (exact) mass is 397 g/mol. The lowest BCUT2D eigenvalue weighted by Crippen LogP contribution is -2.35. The van der Waals surface area contributed by atoms with Gasteiger partial charge in [0.05, 0.1) is 5.69 Å². The fourth-order valence-corrected chi connectivity index (χ4v) is 4.22. The molecule has 5 nitrogen and oxygen atoms in total. The summed E-state index contributed by atoms with van der Waals surface area (Å²) in [5, 5.41) is 2.89. The number of nitrogens with one attached hydrogen (secondary N) is 1. The van der Waals surface area contributed by atoms with E-state index in [9.17, 15) is 14.0 Å². The number of nitrogens with zero attached hydrogens (tertiary/aromatic N) is 2. The molecule has 0 radical (unpaired) electrons. The van der Waals surface area contributed by atoms with Crippen LogP contribution < -0.4 is 5.32 Å². The highest BCUT2D eigenvalue weighted by molar-refractivity contribution is 8.15. The van der Waals surface area contributed by atoms with Gasteiger partial charge in [0.25, 0.3) is 0 Å². The third-order valence-electron chi connectivity index (χ3n) is 4.64. The number of thioether (sulfide) groups is 1. The molecule has 1 saturated heterocycles. The summed E-state index contributed by atoms with van der Waals surface area (Å²) >= 11 is 1.34. The van der Waals surface area contributed by atoms with E-state index in [0.717, 1.165) is 24.1 Å². The molecule has 144 valence electrons. The van der Waals surface area contributed by atoms with E-state index >= 15 is 0 Å². The van der Waals surface area contributed by atoms with Gasteiger partial charge in [-0.1, -0.05) is 29.5 Å². The Morgan fingerprint density at radius 2 is 1.86 bits per heavy atom. The zero-order valence-electron chi connectivity index (χ0n) is 15.4. The number of benzene rings is 2. The average molecular weight is 397 g/mol. The topological polar surface area (TPSA) is 61.8 Å². The minimum absolute atomic E-state index is 0.0526. The molecule has 1 N–H and O–H groups in total. The van der Waals surface area contributed by atoms with Gasteiger partial charge < -0.3 is 5.32 Å². The summed E-state index contributed by atoms with van der Waals surface area (Å²) in [6, 6.07) is 13.6.